The van der Waals surface area contributed by atoms with Crippen LogP contribution < -0.4 is 10.9 Å². The summed E-state index contributed by atoms with van der Waals surface area (Å²) < 4.78 is 0. The fourth-order valence-electron chi connectivity index (χ4n) is 1.21. The zero-order valence-electron chi connectivity index (χ0n) is 6.52. The maximum Gasteiger partial charge on any atom is 0.0914 e. The minimum atomic E-state index is -0.518. The Kier molecular flexibility index (Phi) is 1.23. The summed E-state index contributed by atoms with van der Waals surface area (Å²) >= 11 is 0. The van der Waals surface area contributed by atoms with Gasteiger partial charge >= 0.3 is 0 Å². The summed E-state index contributed by atoms with van der Waals surface area (Å²) in [5.41, 5.74) is 7.35. The number of hydrogen-bond donors (Lipinski definition) is 3. The quantitative estimate of drug-likeness (QED) is 0.510. The second-order valence-corrected chi connectivity index (χ2v) is 3.23. The average molecular weight is 152 g/mol. The third-order valence-corrected chi connectivity index (χ3v) is 2.13. The van der Waals surface area contributed by atoms with Gasteiger partial charge in [-0.1, -0.05) is 0 Å². The van der Waals surface area contributed by atoms with Crippen LogP contribution in [0.25, 0.3) is 0 Å². The summed E-state index contributed by atoms with van der Waals surface area (Å²) in [6.07, 6.45) is 5.58. The highest BCUT2D eigenvalue weighted by atomic mass is 16.3. The van der Waals surface area contributed by atoms with Gasteiger partial charge in [-0.15, -0.1) is 0 Å². The second kappa shape index (κ2) is 2.01. The van der Waals surface area contributed by atoms with Crippen molar-refractivity contribution in [2.24, 2.45) is 0 Å². The van der Waals surface area contributed by atoms with Crippen LogP contribution in [0, 0.1) is 0 Å². The predicted molar refractivity (Wildman–Crippen MR) is 42.3 cm³/mol. The molecule has 2 aliphatic rings. The van der Waals surface area contributed by atoms with Crippen molar-refractivity contribution in [2.75, 3.05) is 0 Å². The highest BCUT2D eigenvalue weighted by Gasteiger charge is 2.43. The van der Waals surface area contributed by atoms with E-state index in [-0.39, 0.29) is 0 Å². The molecule has 2 rings (SSSR count). The van der Waals surface area contributed by atoms with Crippen LogP contribution in [0.4, 0.5) is 0 Å². The molecule has 0 aromatic rings. The molecule has 0 amide bonds. The van der Waals surface area contributed by atoms with E-state index in [9.17, 15) is 5.11 Å². The van der Waals surface area contributed by atoms with E-state index < -0.39 is 5.60 Å². The first-order valence-electron chi connectivity index (χ1n) is 3.84. The van der Waals surface area contributed by atoms with Crippen molar-refractivity contribution in [3.05, 3.63) is 23.5 Å². The lowest BCUT2D eigenvalue weighted by Gasteiger charge is -2.17. The Hall–Kier alpha value is -0.960. The van der Waals surface area contributed by atoms with Crippen molar-refractivity contribution in [3.8, 4) is 0 Å². The number of allylic oxidation sites excluding steroid dienone is 1. The van der Waals surface area contributed by atoms with Gasteiger partial charge in [0, 0.05) is 17.5 Å². The van der Waals surface area contributed by atoms with Gasteiger partial charge in [0.05, 0.1) is 5.60 Å². The van der Waals surface area contributed by atoms with Crippen molar-refractivity contribution in [1.82, 2.24) is 10.9 Å². The van der Waals surface area contributed by atoms with E-state index in [2.05, 4.69) is 10.9 Å². The Morgan fingerprint density at radius 3 is 2.82 bits per heavy atom. The average Bonchev–Trinajstić information content (AvgIpc) is 2.70. The Labute approximate surface area is 65.8 Å². The van der Waals surface area contributed by atoms with E-state index in [1.165, 1.54) is 0 Å². The lowest BCUT2D eigenvalue weighted by molar-refractivity contribution is 0.191. The Balaban J connectivity index is 2.20. The summed E-state index contributed by atoms with van der Waals surface area (Å²) in [6.45, 7) is 1.96. The van der Waals surface area contributed by atoms with Gasteiger partial charge in [0.1, 0.15) is 0 Å². The number of hydrogen-bond acceptors (Lipinski definition) is 3. The summed E-state index contributed by atoms with van der Waals surface area (Å²) in [6, 6.07) is 0. The van der Waals surface area contributed by atoms with Crippen LogP contribution in [0.15, 0.2) is 23.5 Å². The summed E-state index contributed by atoms with van der Waals surface area (Å²) in [5.74, 6) is 0. The van der Waals surface area contributed by atoms with Gasteiger partial charge in [-0.3, -0.25) is 0 Å². The van der Waals surface area contributed by atoms with Crippen molar-refractivity contribution in [2.45, 2.75) is 25.4 Å². The minimum Gasteiger partial charge on any atom is -0.385 e. The highest BCUT2D eigenvalue weighted by Crippen LogP contribution is 2.42. The minimum absolute atomic E-state index is 0.518. The van der Waals surface area contributed by atoms with E-state index in [1.807, 2.05) is 19.2 Å². The van der Waals surface area contributed by atoms with Crippen LogP contribution in [0.1, 0.15) is 19.8 Å². The normalized spacial score (nSPS) is 26.0. The molecule has 0 unspecified atom stereocenters. The maximum absolute atomic E-state index is 9.69. The molecule has 1 saturated carbocycles. The van der Waals surface area contributed by atoms with Gasteiger partial charge in [0.15, 0.2) is 0 Å². The van der Waals surface area contributed by atoms with Crippen molar-refractivity contribution in [1.29, 1.82) is 0 Å². The maximum atomic E-state index is 9.69. The summed E-state index contributed by atoms with van der Waals surface area (Å²) in [4.78, 5) is 0. The molecule has 1 heterocycles. The number of rotatable bonds is 1. The van der Waals surface area contributed by atoms with Gasteiger partial charge in [0.25, 0.3) is 0 Å². The number of nitrogens with one attached hydrogen (secondary N) is 2. The van der Waals surface area contributed by atoms with Crippen LogP contribution in [0.5, 0.6) is 0 Å². The SMILES string of the molecule is CC1=CC(C2(O)CC2)=CNN1. The van der Waals surface area contributed by atoms with E-state index >= 15 is 0 Å². The number of aliphatic hydroxyl groups is 1. The van der Waals surface area contributed by atoms with Gasteiger partial charge in [-0.05, 0) is 25.8 Å². The zero-order chi connectivity index (χ0) is 7.90. The van der Waals surface area contributed by atoms with E-state index in [0.717, 1.165) is 24.1 Å². The van der Waals surface area contributed by atoms with Gasteiger partial charge in [-0.2, -0.15) is 0 Å². The van der Waals surface area contributed by atoms with Crippen molar-refractivity contribution in [3.63, 3.8) is 0 Å². The van der Waals surface area contributed by atoms with Crippen LogP contribution in [-0.4, -0.2) is 10.7 Å². The molecular weight excluding hydrogens is 140 g/mol. The second-order valence-electron chi connectivity index (χ2n) is 3.23. The fourth-order valence-corrected chi connectivity index (χ4v) is 1.21. The predicted octanol–water partition coefficient (Wildman–Crippen LogP) is 0.407. The van der Waals surface area contributed by atoms with E-state index in [0.29, 0.717) is 0 Å². The van der Waals surface area contributed by atoms with Crippen LogP contribution in [0.2, 0.25) is 0 Å². The Morgan fingerprint density at radius 2 is 2.27 bits per heavy atom. The van der Waals surface area contributed by atoms with Crippen LogP contribution in [-0.2, 0) is 0 Å². The standard InChI is InChI=1S/C8H12N2O/c1-6-4-7(5-9-10-6)8(11)2-3-8/h4-5,9-11H,2-3H2,1H3. The smallest absolute Gasteiger partial charge is 0.0914 e. The summed E-state index contributed by atoms with van der Waals surface area (Å²) in [7, 11) is 0. The highest BCUT2D eigenvalue weighted by molar-refractivity contribution is 5.36. The molecule has 11 heavy (non-hydrogen) atoms. The molecule has 1 fully saturated rings. The van der Waals surface area contributed by atoms with E-state index in [4.69, 9.17) is 0 Å². The monoisotopic (exact) mass is 152 g/mol. The molecule has 0 atom stereocenters. The largest absolute Gasteiger partial charge is 0.385 e. The molecule has 0 aromatic carbocycles. The van der Waals surface area contributed by atoms with Crippen LogP contribution in [0.3, 0.4) is 0 Å². The molecule has 0 saturated heterocycles. The first-order valence-corrected chi connectivity index (χ1v) is 3.84. The molecule has 3 nitrogen and oxygen atoms in total. The molecule has 60 valence electrons. The molecule has 0 radical (unpaired) electrons. The lowest BCUT2D eigenvalue weighted by Crippen LogP contribution is -2.30. The molecule has 1 aliphatic carbocycles. The van der Waals surface area contributed by atoms with Crippen molar-refractivity contribution < 1.29 is 5.11 Å². The van der Waals surface area contributed by atoms with Crippen molar-refractivity contribution >= 4 is 0 Å². The Bertz CT molecular complexity index is 238. The first-order chi connectivity index (χ1) is 5.21. The van der Waals surface area contributed by atoms with Gasteiger partial charge < -0.3 is 16.0 Å². The molecule has 3 N–H and O–H groups in total. The molecule has 0 spiro atoms. The molecular formula is C8H12N2O. The molecule has 0 aromatic heterocycles. The van der Waals surface area contributed by atoms with Crippen LogP contribution >= 0.6 is 0 Å². The van der Waals surface area contributed by atoms with Gasteiger partial charge in [0.2, 0.25) is 0 Å². The third-order valence-electron chi connectivity index (χ3n) is 2.13. The molecule has 3 heteroatoms. The summed E-state index contributed by atoms with van der Waals surface area (Å²) in [5, 5.41) is 9.69. The topological polar surface area (TPSA) is 44.3 Å². The van der Waals surface area contributed by atoms with E-state index in [1.54, 1.807) is 0 Å². The molecule has 0 bridgehead atoms. The Morgan fingerprint density at radius 1 is 1.55 bits per heavy atom. The molecule has 1 aliphatic heterocycles. The zero-order valence-corrected chi connectivity index (χ0v) is 6.52. The van der Waals surface area contributed by atoms with Gasteiger partial charge in [-0.25, -0.2) is 0 Å². The third kappa shape index (κ3) is 1.12. The first kappa shape index (κ1) is 6.73. The lowest BCUT2D eigenvalue weighted by atomic mass is 10.1. The number of hydrazine groups is 1. The fraction of sp³-hybridized carbons (Fsp3) is 0.500.